The van der Waals surface area contributed by atoms with Crippen LogP contribution in [0.3, 0.4) is 0 Å². The van der Waals surface area contributed by atoms with Crippen LogP contribution in [0.5, 0.6) is 0 Å². The normalized spacial score (nSPS) is 11.6. The maximum absolute atomic E-state index is 12.2. The Morgan fingerprint density at radius 3 is 2.83 bits per heavy atom. The van der Waals surface area contributed by atoms with Crippen molar-refractivity contribution in [3.8, 4) is 0 Å². The molecular formula is C17H23N3O3. The number of ether oxygens (including phenoxy) is 1. The van der Waals surface area contributed by atoms with Gasteiger partial charge in [-0.15, -0.1) is 0 Å². The highest BCUT2D eigenvalue weighted by atomic mass is 16.5. The van der Waals surface area contributed by atoms with Gasteiger partial charge in [0.05, 0.1) is 16.6 Å². The second-order valence-corrected chi connectivity index (χ2v) is 6.08. The number of benzene rings is 1. The zero-order valence-electron chi connectivity index (χ0n) is 13.8. The second-order valence-electron chi connectivity index (χ2n) is 6.08. The first-order chi connectivity index (χ1) is 10.9. The van der Waals surface area contributed by atoms with Gasteiger partial charge in [-0.25, -0.2) is 4.98 Å². The number of aromatic amines is 1. The van der Waals surface area contributed by atoms with E-state index in [-0.39, 0.29) is 5.69 Å². The van der Waals surface area contributed by atoms with Crippen LogP contribution in [-0.4, -0.2) is 34.6 Å². The van der Waals surface area contributed by atoms with Crippen LogP contribution in [0.15, 0.2) is 29.1 Å². The van der Waals surface area contributed by atoms with Crippen molar-refractivity contribution in [2.75, 3.05) is 13.2 Å². The molecule has 1 aromatic carbocycles. The lowest BCUT2D eigenvalue weighted by Gasteiger charge is -2.25. The van der Waals surface area contributed by atoms with Crippen molar-refractivity contribution in [1.29, 1.82) is 0 Å². The van der Waals surface area contributed by atoms with Gasteiger partial charge in [0.15, 0.2) is 5.69 Å². The zero-order chi connectivity index (χ0) is 16.9. The fourth-order valence-electron chi connectivity index (χ4n) is 2.10. The number of carbonyl (C=O) groups excluding carboxylic acids is 1. The van der Waals surface area contributed by atoms with Gasteiger partial charge in [0.25, 0.3) is 11.5 Å². The van der Waals surface area contributed by atoms with Crippen molar-refractivity contribution >= 4 is 16.9 Å². The zero-order valence-corrected chi connectivity index (χ0v) is 13.8. The summed E-state index contributed by atoms with van der Waals surface area (Å²) in [5.74, 6) is -0.496. The molecule has 6 nitrogen and oxygen atoms in total. The van der Waals surface area contributed by atoms with Gasteiger partial charge < -0.3 is 15.0 Å². The lowest BCUT2D eigenvalue weighted by atomic mass is 10.1. The number of nitrogens with one attached hydrogen (secondary N) is 2. The fourth-order valence-corrected chi connectivity index (χ4v) is 2.10. The first-order valence-electron chi connectivity index (χ1n) is 7.84. The minimum Gasteiger partial charge on any atom is -0.374 e. The first kappa shape index (κ1) is 17.1. The lowest BCUT2D eigenvalue weighted by Crippen LogP contribution is -2.42. The van der Waals surface area contributed by atoms with E-state index in [1.54, 1.807) is 24.3 Å². The van der Waals surface area contributed by atoms with E-state index in [1.165, 1.54) is 0 Å². The molecule has 0 aliphatic heterocycles. The molecule has 6 heteroatoms. The van der Waals surface area contributed by atoms with Crippen LogP contribution < -0.4 is 10.9 Å². The van der Waals surface area contributed by atoms with Crippen LogP contribution in [-0.2, 0) is 4.74 Å². The van der Waals surface area contributed by atoms with E-state index in [1.807, 2.05) is 13.8 Å². The predicted octanol–water partition coefficient (Wildman–Crippen LogP) is 2.25. The number of hydrogen-bond donors (Lipinski definition) is 2. The average Bonchev–Trinajstić information content (AvgIpc) is 2.52. The molecule has 0 saturated heterocycles. The molecule has 0 saturated carbocycles. The lowest BCUT2D eigenvalue weighted by molar-refractivity contribution is -0.0168. The van der Waals surface area contributed by atoms with E-state index >= 15 is 0 Å². The number of aromatic nitrogens is 2. The second kappa shape index (κ2) is 7.37. The van der Waals surface area contributed by atoms with Crippen molar-refractivity contribution in [1.82, 2.24) is 15.3 Å². The Morgan fingerprint density at radius 1 is 1.35 bits per heavy atom. The van der Waals surface area contributed by atoms with Crippen LogP contribution >= 0.6 is 0 Å². The van der Waals surface area contributed by atoms with Gasteiger partial charge in [0.2, 0.25) is 0 Å². The molecule has 0 spiro atoms. The summed E-state index contributed by atoms with van der Waals surface area (Å²) in [6, 6.07) is 7.10. The topological polar surface area (TPSA) is 84.1 Å². The van der Waals surface area contributed by atoms with Crippen LogP contribution in [0.2, 0.25) is 0 Å². The summed E-state index contributed by atoms with van der Waals surface area (Å²) in [7, 11) is 0. The van der Waals surface area contributed by atoms with E-state index in [0.29, 0.717) is 24.2 Å². The van der Waals surface area contributed by atoms with Crippen molar-refractivity contribution in [2.24, 2.45) is 0 Å². The maximum Gasteiger partial charge on any atom is 0.280 e. The Labute approximate surface area is 135 Å². The average molecular weight is 317 g/mol. The van der Waals surface area contributed by atoms with Gasteiger partial charge in [-0.3, -0.25) is 9.59 Å². The standard InChI is InChI=1S/C17H23N3O3/c1-4-5-10-23-17(2,3)11-18-15(21)14-16(22)20-13-9-7-6-8-12(13)19-14/h6-9H,4-5,10-11H2,1-3H3,(H,18,21)(H,20,22). The Morgan fingerprint density at radius 2 is 2.09 bits per heavy atom. The molecule has 0 atom stereocenters. The molecule has 2 rings (SSSR count). The van der Waals surface area contributed by atoms with Crippen LogP contribution in [0.25, 0.3) is 11.0 Å². The minimum atomic E-state index is -0.496. The highest BCUT2D eigenvalue weighted by molar-refractivity contribution is 5.93. The summed E-state index contributed by atoms with van der Waals surface area (Å²) >= 11 is 0. The number of hydrogen-bond acceptors (Lipinski definition) is 4. The van der Waals surface area contributed by atoms with E-state index in [9.17, 15) is 9.59 Å². The smallest absolute Gasteiger partial charge is 0.280 e. The molecule has 0 bridgehead atoms. The maximum atomic E-state index is 12.2. The largest absolute Gasteiger partial charge is 0.374 e. The molecule has 1 amide bonds. The summed E-state index contributed by atoms with van der Waals surface area (Å²) in [6.07, 6.45) is 2.03. The monoisotopic (exact) mass is 317 g/mol. The van der Waals surface area contributed by atoms with Gasteiger partial charge in [-0.2, -0.15) is 0 Å². The van der Waals surface area contributed by atoms with Gasteiger partial charge >= 0.3 is 0 Å². The summed E-state index contributed by atoms with van der Waals surface area (Å²) in [5, 5.41) is 2.73. The number of carbonyl (C=O) groups is 1. The summed E-state index contributed by atoms with van der Waals surface area (Å²) < 4.78 is 5.74. The van der Waals surface area contributed by atoms with Gasteiger partial charge in [-0.05, 0) is 32.4 Å². The fraction of sp³-hybridized carbons (Fsp3) is 0.471. The third-order valence-electron chi connectivity index (χ3n) is 3.48. The van der Waals surface area contributed by atoms with Crippen molar-refractivity contribution in [3.05, 3.63) is 40.3 Å². The van der Waals surface area contributed by atoms with Crippen molar-refractivity contribution in [3.63, 3.8) is 0 Å². The van der Waals surface area contributed by atoms with Crippen LogP contribution in [0.4, 0.5) is 0 Å². The highest BCUT2D eigenvalue weighted by Gasteiger charge is 2.21. The number of H-pyrrole nitrogens is 1. The molecule has 0 aliphatic carbocycles. The van der Waals surface area contributed by atoms with Crippen molar-refractivity contribution in [2.45, 2.75) is 39.2 Å². The van der Waals surface area contributed by atoms with E-state index in [2.05, 4.69) is 22.2 Å². The van der Waals surface area contributed by atoms with Gasteiger partial charge in [-0.1, -0.05) is 25.5 Å². The molecule has 124 valence electrons. The van der Waals surface area contributed by atoms with Crippen LogP contribution in [0.1, 0.15) is 44.1 Å². The number of rotatable bonds is 7. The Balaban J connectivity index is 2.06. The molecule has 1 aromatic heterocycles. The molecule has 0 fully saturated rings. The molecular weight excluding hydrogens is 294 g/mol. The highest BCUT2D eigenvalue weighted by Crippen LogP contribution is 2.09. The van der Waals surface area contributed by atoms with Gasteiger partial charge in [0, 0.05) is 13.2 Å². The third-order valence-corrected chi connectivity index (χ3v) is 3.48. The third kappa shape index (κ3) is 4.63. The first-order valence-corrected chi connectivity index (χ1v) is 7.84. The van der Waals surface area contributed by atoms with E-state index in [4.69, 9.17) is 4.74 Å². The minimum absolute atomic E-state index is 0.131. The number of unbranched alkanes of at least 4 members (excludes halogenated alkanes) is 1. The Hall–Kier alpha value is -2.21. The number of para-hydroxylation sites is 2. The van der Waals surface area contributed by atoms with E-state index < -0.39 is 17.1 Å². The van der Waals surface area contributed by atoms with Gasteiger partial charge in [0.1, 0.15) is 0 Å². The summed E-state index contributed by atoms with van der Waals surface area (Å²) in [5.41, 5.74) is 0.0704. The number of amides is 1. The number of fused-ring (bicyclic) bond motifs is 1. The van der Waals surface area contributed by atoms with Crippen LogP contribution in [0, 0.1) is 0 Å². The molecule has 0 unspecified atom stereocenters. The number of nitrogens with zero attached hydrogens (tertiary/aromatic N) is 1. The molecule has 1 heterocycles. The SMILES string of the molecule is CCCCOC(C)(C)CNC(=O)c1nc2ccccc2[nH]c1=O. The molecule has 23 heavy (non-hydrogen) atoms. The predicted molar refractivity (Wildman–Crippen MR) is 89.6 cm³/mol. The molecule has 0 aliphatic rings. The Bertz CT molecular complexity index is 737. The summed E-state index contributed by atoms with van der Waals surface area (Å²) in [6.45, 7) is 6.86. The molecule has 2 aromatic rings. The van der Waals surface area contributed by atoms with E-state index in [0.717, 1.165) is 12.8 Å². The molecule has 2 N–H and O–H groups in total. The molecule has 0 radical (unpaired) electrons. The Kier molecular flexibility index (Phi) is 5.50. The van der Waals surface area contributed by atoms with Crippen molar-refractivity contribution < 1.29 is 9.53 Å². The quantitative estimate of drug-likeness (QED) is 0.767. The summed E-state index contributed by atoms with van der Waals surface area (Å²) in [4.78, 5) is 31.1.